The maximum Gasteiger partial charge on any atom is 0.335 e. The third kappa shape index (κ3) is 6.69. The summed E-state index contributed by atoms with van der Waals surface area (Å²) in [5.74, 6) is -4.02. The lowest BCUT2D eigenvalue weighted by atomic mass is 10.0. The molecule has 9 heteroatoms. The zero-order valence-corrected chi connectivity index (χ0v) is 16.1. The van der Waals surface area contributed by atoms with Gasteiger partial charge in [-0.1, -0.05) is 24.3 Å². The first-order valence-electron chi connectivity index (χ1n) is 9.02. The molecule has 0 fully saturated rings. The van der Waals surface area contributed by atoms with Crippen molar-refractivity contribution in [2.45, 2.75) is 31.8 Å². The molecule has 0 aliphatic heterocycles. The molecule has 0 aliphatic carbocycles. The van der Waals surface area contributed by atoms with Crippen molar-refractivity contribution in [1.29, 1.82) is 0 Å². The Morgan fingerprint density at radius 1 is 0.833 bits per heavy atom. The predicted molar refractivity (Wildman–Crippen MR) is 104 cm³/mol. The number of hydrogen-bond acceptors (Lipinski definition) is 4. The van der Waals surface area contributed by atoms with Gasteiger partial charge in [-0.25, -0.2) is 14.0 Å². The molecule has 0 heterocycles. The van der Waals surface area contributed by atoms with Gasteiger partial charge in [0.05, 0.1) is 5.56 Å². The maximum absolute atomic E-state index is 13.1. The van der Waals surface area contributed by atoms with Gasteiger partial charge in [0.1, 0.15) is 17.9 Å². The van der Waals surface area contributed by atoms with Crippen LogP contribution in [-0.4, -0.2) is 46.0 Å². The second-order valence-electron chi connectivity index (χ2n) is 6.69. The highest BCUT2D eigenvalue weighted by atomic mass is 19.1. The van der Waals surface area contributed by atoms with Crippen LogP contribution in [0.25, 0.3) is 0 Å². The molecule has 0 bridgehead atoms. The minimum Gasteiger partial charge on any atom is -0.480 e. The van der Waals surface area contributed by atoms with E-state index in [4.69, 9.17) is 5.11 Å². The summed E-state index contributed by atoms with van der Waals surface area (Å²) in [6, 6.07) is 8.65. The van der Waals surface area contributed by atoms with E-state index in [1.165, 1.54) is 55.5 Å². The molecule has 2 rings (SSSR count). The number of benzene rings is 2. The Kier molecular flexibility index (Phi) is 7.62. The zero-order chi connectivity index (χ0) is 22.3. The van der Waals surface area contributed by atoms with Crippen LogP contribution in [0, 0.1) is 5.82 Å². The fourth-order valence-corrected chi connectivity index (χ4v) is 2.80. The monoisotopic (exact) mass is 416 g/mol. The molecule has 8 nitrogen and oxygen atoms in total. The second kappa shape index (κ2) is 10.1. The Hall–Kier alpha value is -3.75. The molecule has 2 aromatic rings. The summed E-state index contributed by atoms with van der Waals surface area (Å²) in [7, 11) is 0. The van der Waals surface area contributed by atoms with Crippen molar-refractivity contribution >= 4 is 23.8 Å². The maximum atomic E-state index is 13.1. The molecule has 158 valence electrons. The predicted octanol–water partition coefficient (Wildman–Crippen LogP) is 1.38. The van der Waals surface area contributed by atoms with Crippen LogP contribution in [0.15, 0.2) is 48.5 Å². The number of aromatic carboxylic acids is 1. The number of carboxylic acid groups (broad SMARTS) is 2. The molecule has 0 saturated carbocycles. The van der Waals surface area contributed by atoms with Crippen molar-refractivity contribution < 1.29 is 33.8 Å². The Balaban J connectivity index is 2.12. The number of hydrogen-bond donors (Lipinski definition) is 4. The van der Waals surface area contributed by atoms with Crippen LogP contribution in [0.3, 0.4) is 0 Å². The smallest absolute Gasteiger partial charge is 0.335 e. The van der Waals surface area contributed by atoms with Gasteiger partial charge < -0.3 is 20.8 Å². The third-order valence-corrected chi connectivity index (χ3v) is 4.30. The van der Waals surface area contributed by atoms with E-state index in [1.54, 1.807) is 0 Å². The van der Waals surface area contributed by atoms with Gasteiger partial charge in [0.15, 0.2) is 0 Å². The van der Waals surface area contributed by atoms with Crippen LogP contribution in [0.2, 0.25) is 0 Å². The van der Waals surface area contributed by atoms with E-state index in [-0.39, 0.29) is 18.4 Å². The van der Waals surface area contributed by atoms with Gasteiger partial charge in [0.2, 0.25) is 11.8 Å². The van der Waals surface area contributed by atoms with Gasteiger partial charge in [0.25, 0.3) is 0 Å². The van der Waals surface area contributed by atoms with Crippen LogP contribution >= 0.6 is 0 Å². The van der Waals surface area contributed by atoms with Crippen molar-refractivity contribution in [3.8, 4) is 0 Å². The summed E-state index contributed by atoms with van der Waals surface area (Å²) in [4.78, 5) is 46.7. The van der Waals surface area contributed by atoms with Crippen LogP contribution in [-0.2, 0) is 27.2 Å². The van der Waals surface area contributed by atoms with Crippen molar-refractivity contribution in [2.75, 3.05) is 0 Å². The van der Waals surface area contributed by atoms with Gasteiger partial charge in [-0.15, -0.1) is 0 Å². The second-order valence-corrected chi connectivity index (χ2v) is 6.69. The number of carbonyl (C=O) groups excluding carboxylic acids is 2. The summed E-state index contributed by atoms with van der Waals surface area (Å²) in [6.07, 6.45) is -0.0321. The first-order chi connectivity index (χ1) is 14.2. The van der Waals surface area contributed by atoms with E-state index < -0.39 is 41.7 Å². The molecule has 2 aromatic carbocycles. The van der Waals surface area contributed by atoms with E-state index >= 15 is 0 Å². The van der Waals surface area contributed by atoms with E-state index in [2.05, 4.69) is 10.6 Å². The summed E-state index contributed by atoms with van der Waals surface area (Å²) < 4.78 is 13.1. The minimum atomic E-state index is -1.29. The zero-order valence-electron chi connectivity index (χ0n) is 16.1. The van der Waals surface area contributed by atoms with E-state index in [1.807, 2.05) is 0 Å². The molecular formula is C21H21FN2O6. The van der Waals surface area contributed by atoms with Gasteiger partial charge in [-0.2, -0.15) is 0 Å². The van der Waals surface area contributed by atoms with Crippen molar-refractivity contribution in [1.82, 2.24) is 10.6 Å². The number of halogens is 1. The van der Waals surface area contributed by atoms with Crippen LogP contribution in [0.1, 0.15) is 28.4 Å². The summed E-state index contributed by atoms with van der Waals surface area (Å²) in [6.45, 7) is 1.23. The Labute approximate surface area is 171 Å². The number of carboxylic acids is 2. The summed E-state index contributed by atoms with van der Waals surface area (Å²) in [5.41, 5.74) is 1.16. The molecule has 2 atom stereocenters. The molecule has 0 aromatic heterocycles. The topological polar surface area (TPSA) is 133 Å². The van der Waals surface area contributed by atoms with Crippen molar-refractivity contribution in [3.63, 3.8) is 0 Å². The SMILES string of the molecule is CC(=O)N[C@H](Cc1ccc(F)cc1)C(=O)N[C@@H](Cc1ccc(C(=O)O)cc1)C(=O)O. The molecule has 4 N–H and O–H groups in total. The van der Waals surface area contributed by atoms with Gasteiger partial charge in [0, 0.05) is 19.8 Å². The fourth-order valence-electron chi connectivity index (χ4n) is 2.80. The Morgan fingerprint density at radius 3 is 1.80 bits per heavy atom. The average molecular weight is 416 g/mol. The molecule has 0 aliphatic rings. The number of carbonyl (C=O) groups is 4. The highest BCUT2D eigenvalue weighted by molar-refractivity contribution is 5.90. The summed E-state index contributed by atoms with van der Waals surface area (Å²) >= 11 is 0. The van der Waals surface area contributed by atoms with E-state index in [9.17, 15) is 28.7 Å². The van der Waals surface area contributed by atoms with Gasteiger partial charge >= 0.3 is 11.9 Å². The molecular weight excluding hydrogens is 395 g/mol. The number of amides is 2. The molecule has 0 unspecified atom stereocenters. The lowest BCUT2D eigenvalue weighted by Crippen LogP contribution is -2.52. The number of rotatable bonds is 9. The van der Waals surface area contributed by atoms with Gasteiger partial charge in [-0.3, -0.25) is 9.59 Å². The Morgan fingerprint density at radius 2 is 1.33 bits per heavy atom. The highest BCUT2D eigenvalue weighted by Crippen LogP contribution is 2.10. The van der Waals surface area contributed by atoms with Gasteiger partial charge in [-0.05, 0) is 35.4 Å². The largest absolute Gasteiger partial charge is 0.480 e. The highest BCUT2D eigenvalue weighted by Gasteiger charge is 2.26. The van der Waals surface area contributed by atoms with E-state index in [0.717, 1.165) is 0 Å². The van der Waals surface area contributed by atoms with Crippen LogP contribution < -0.4 is 10.6 Å². The number of aliphatic carboxylic acids is 1. The van der Waals surface area contributed by atoms with Crippen LogP contribution in [0.4, 0.5) is 4.39 Å². The molecule has 0 spiro atoms. The van der Waals surface area contributed by atoms with Crippen LogP contribution in [0.5, 0.6) is 0 Å². The molecule has 0 saturated heterocycles. The first kappa shape index (κ1) is 22.5. The quantitative estimate of drug-likeness (QED) is 0.488. The Bertz CT molecular complexity index is 928. The number of nitrogens with one attached hydrogen (secondary N) is 2. The standard InChI is InChI=1S/C21H21FN2O6/c1-12(25)23-17(10-14-4-8-16(22)9-5-14)19(26)24-18(21(29)30)11-13-2-6-15(7-3-13)20(27)28/h2-9,17-18H,10-11H2,1H3,(H,23,25)(H,24,26)(H,27,28)(H,29,30)/t17-,18+/m1/s1. The third-order valence-electron chi connectivity index (χ3n) is 4.30. The van der Waals surface area contributed by atoms with Crippen molar-refractivity contribution in [2.24, 2.45) is 0 Å². The molecule has 0 radical (unpaired) electrons. The molecule has 2 amide bonds. The average Bonchev–Trinajstić information content (AvgIpc) is 2.68. The first-order valence-corrected chi connectivity index (χ1v) is 9.02. The minimum absolute atomic E-state index is 0.0470. The lowest BCUT2D eigenvalue weighted by Gasteiger charge is -2.21. The fraction of sp³-hybridized carbons (Fsp3) is 0.238. The summed E-state index contributed by atoms with van der Waals surface area (Å²) in [5, 5.41) is 23.3. The normalized spacial score (nSPS) is 12.5. The molecule has 30 heavy (non-hydrogen) atoms. The lowest BCUT2D eigenvalue weighted by molar-refractivity contribution is -0.142. The van der Waals surface area contributed by atoms with E-state index in [0.29, 0.717) is 11.1 Å². The van der Waals surface area contributed by atoms with Crippen molar-refractivity contribution in [3.05, 3.63) is 71.0 Å².